The van der Waals surface area contributed by atoms with Gasteiger partial charge in [0.1, 0.15) is 18.6 Å². The lowest BCUT2D eigenvalue weighted by molar-refractivity contribution is -0.144. The van der Waals surface area contributed by atoms with Crippen LogP contribution in [0.2, 0.25) is 0 Å². The van der Waals surface area contributed by atoms with E-state index in [0.717, 1.165) is 21.3 Å². The minimum Gasteiger partial charge on any atom is -0.496 e. The third kappa shape index (κ3) is 6.08. The van der Waals surface area contributed by atoms with Crippen LogP contribution in [0.3, 0.4) is 0 Å². The molecule has 2 N–H and O–H groups in total. The normalized spacial score (nSPS) is 17.6. The fraction of sp³-hybridized carbons (Fsp3) is 0.222. The van der Waals surface area contributed by atoms with E-state index < -0.39 is 36.0 Å². The van der Waals surface area contributed by atoms with Crippen LogP contribution in [0.1, 0.15) is 5.56 Å². The molecule has 0 aromatic heterocycles. The molecular formula is C27H25ClN2O7. The van der Waals surface area contributed by atoms with Crippen LogP contribution >= 0.6 is 11.8 Å². The number of anilines is 1. The number of hydrogen-bond acceptors (Lipinski definition) is 6. The first-order valence-electron chi connectivity index (χ1n) is 11.4. The van der Waals surface area contributed by atoms with Gasteiger partial charge < -0.3 is 24.6 Å². The van der Waals surface area contributed by atoms with Gasteiger partial charge in [0, 0.05) is 23.8 Å². The number of nitrogens with one attached hydrogen (secondary N) is 1. The maximum absolute atomic E-state index is 12.9. The van der Waals surface area contributed by atoms with E-state index in [2.05, 4.69) is 5.32 Å². The second-order valence-electron chi connectivity index (χ2n) is 8.25. The van der Waals surface area contributed by atoms with E-state index in [-0.39, 0.29) is 13.2 Å². The number of benzene rings is 3. The van der Waals surface area contributed by atoms with Crippen LogP contribution in [-0.2, 0) is 30.3 Å². The number of carboxylic acid groups (broad SMARTS) is 1. The van der Waals surface area contributed by atoms with E-state index in [1.807, 2.05) is 36.4 Å². The molecule has 10 heteroatoms. The molecule has 1 aliphatic heterocycles. The molecule has 4 rings (SSSR count). The number of carbonyl (C=O) groups excluding carboxylic acids is 2. The van der Waals surface area contributed by atoms with E-state index in [4.69, 9.17) is 26.0 Å². The van der Waals surface area contributed by atoms with Crippen molar-refractivity contribution in [3.63, 3.8) is 0 Å². The summed E-state index contributed by atoms with van der Waals surface area (Å²) in [7, 11) is 1.59. The molecular weight excluding hydrogens is 500 g/mol. The van der Waals surface area contributed by atoms with Gasteiger partial charge in [-0.15, -0.1) is 0 Å². The Balaban J connectivity index is 1.43. The molecule has 3 aromatic carbocycles. The van der Waals surface area contributed by atoms with E-state index in [0.29, 0.717) is 11.3 Å². The summed E-state index contributed by atoms with van der Waals surface area (Å²) in [6.45, 7) is -0.309. The smallest absolute Gasteiger partial charge is 0.326 e. The van der Waals surface area contributed by atoms with Crippen LogP contribution in [0.4, 0.5) is 5.69 Å². The average Bonchev–Trinajstić information content (AvgIpc) is 3.43. The lowest BCUT2D eigenvalue weighted by Crippen LogP contribution is -2.52. The third-order valence-electron chi connectivity index (χ3n) is 5.87. The number of nitrogens with zero attached hydrogens (tertiary/aromatic N) is 1. The van der Waals surface area contributed by atoms with Crippen molar-refractivity contribution in [3.05, 3.63) is 84.4 Å². The second kappa shape index (κ2) is 11.9. The first-order chi connectivity index (χ1) is 17.9. The summed E-state index contributed by atoms with van der Waals surface area (Å²) in [4.78, 5) is 37.7. The van der Waals surface area contributed by atoms with Gasteiger partial charge in [0.15, 0.2) is 12.2 Å². The SMILES string of the molecule is COc1ccccc1-c1ccc(CC(NC(=O)[C@@H]2OCO[C@H]2C(=O)N(Cl)c2ccccc2)C(=O)O)cc1. The number of methoxy groups -OCH3 is 1. The van der Waals surface area contributed by atoms with Crippen molar-refractivity contribution in [3.8, 4) is 16.9 Å². The summed E-state index contributed by atoms with van der Waals surface area (Å²) in [5.74, 6) is -2.00. The van der Waals surface area contributed by atoms with Crippen LogP contribution in [0.15, 0.2) is 78.9 Å². The zero-order valence-electron chi connectivity index (χ0n) is 19.9. The van der Waals surface area contributed by atoms with Crippen LogP contribution in [0.5, 0.6) is 5.75 Å². The largest absolute Gasteiger partial charge is 0.496 e. The number of carboxylic acids is 1. The number of amides is 2. The Morgan fingerprint density at radius 1 is 1.00 bits per heavy atom. The van der Waals surface area contributed by atoms with Gasteiger partial charge in [-0.1, -0.05) is 60.7 Å². The molecule has 1 aliphatic rings. The highest BCUT2D eigenvalue weighted by atomic mass is 35.5. The molecule has 0 saturated carbocycles. The first-order valence-corrected chi connectivity index (χ1v) is 11.8. The Labute approximate surface area is 218 Å². The summed E-state index contributed by atoms with van der Waals surface area (Å²) >= 11 is 6.16. The molecule has 1 heterocycles. The van der Waals surface area contributed by atoms with E-state index in [9.17, 15) is 19.5 Å². The van der Waals surface area contributed by atoms with E-state index >= 15 is 0 Å². The number of carbonyl (C=O) groups is 3. The van der Waals surface area contributed by atoms with Crippen molar-refractivity contribution in [2.45, 2.75) is 24.7 Å². The molecule has 1 unspecified atom stereocenters. The van der Waals surface area contributed by atoms with Gasteiger partial charge in [0.25, 0.3) is 11.8 Å². The molecule has 0 bridgehead atoms. The second-order valence-corrected chi connectivity index (χ2v) is 8.59. The van der Waals surface area contributed by atoms with Crippen molar-refractivity contribution in [2.24, 2.45) is 0 Å². The molecule has 1 saturated heterocycles. The van der Waals surface area contributed by atoms with Gasteiger partial charge in [0.2, 0.25) is 0 Å². The topological polar surface area (TPSA) is 114 Å². The number of rotatable bonds is 9. The number of para-hydroxylation sites is 2. The maximum atomic E-state index is 12.9. The predicted molar refractivity (Wildman–Crippen MR) is 136 cm³/mol. The number of hydrogen-bond donors (Lipinski definition) is 2. The Bertz CT molecular complexity index is 1250. The maximum Gasteiger partial charge on any atom is 0.326 e. The van der Waals surface area contributed by atoms with Gasteiger partial charge in [-0.3, -0.25) is 9.59 Å². The fourth-order valence-corrected chi connectivity index (χ4v) is 4.17. The number of halogens is 1. The Hall–Kier alpha value is -3.92. The Morgan fingerprint density at radius 2 is 1.65 bits per heavy atom. The Morgan fingerprint density at radius 3 is 2.32 bits per heavy atom. The highest BCUT2D eigenvalue weighted by Gasteiger charge is 2.43. The van der Waals surface area contributed by atoms with Crippen LogP contribution in [0.25, 0.3) is 11.1 Å². The van der Waals surface area contributed by atoms with Crippen LogP contribution in [-0.4, -0.2) is 55.0 Å². The molecule has 3 aromatic rings. The van der Waals surface area contributed by atoms with Crippen molar-refractivity contribution in [1.82, 2.24) is 5.32 Å². The monoisotopic (exact) mass is 524 g/mol. The highest BCUT2D eigenvalue weighted by Crippen LogP contribution is 2.30. The standard InChI is InChI=1S/C27H25ClN2O7/c1-35-22-10-6-5-9-20(22)18-13-11-17(12-14-18)15-21(27(33)34)29-25(31)23-24(37-16-36-23)26(32)30(28)19-7-3-2-4-8-19/h2-14,21,23-24H,15-16H2,1H3,(H,29,31)(H,33,34)/t21?,23-,24-/m1/s1. The molecule has 37 heavy (non-hydrogen) atoms. The lowest BCUT2D eigenvalue weighted by Gasteiger charge is -2.22. The van der Waals surface area contributed by atoms with Gasteiger partial charge in [-0.05, 0) is 29.3 Å². The zero-order chi connectivity index (χ0) is 26.4. The molecule has 2 amide bonds. The van der Waals surface area contributed by atoms with Crippen molar-refractivity contribution >= 4 is 35.2 Å². The first kappa shape index (κ1) is 26.2. The van der Waals surface area contributed by atoms with Crippen molar-refractivity contribution < 1.29 is 33.7 Å². The van der Waals surface area contributed by atoms with Crippen molar-refractivity contribution in [1.29, 1.82) is 0 Å². The summed E-state index contributed by atoms with van der Waals surface area (Å²) in [6.07, 6.45) is -2.66. The summed E-state index contributed by atoms with van der Waals surface area (Å²) in [5, 5.41) is 12.2. The quantitative estimate of drug-likeness (QED) is 0.412. The fourth-order valence-electron chi connectivity index (χ4n) is 3.97. The molecule has 0 aliphatic carbocycles. The number of ether oxygens (including phenoxy) is 3. The van der Waals surface area contributed by atoms with Gasteiger partial charge in [-0.25, -0.2) is 9.21 Å². The Kier molecular flexibility index (Phi) is 8.39. The van der Waals surface area contributed by atoms with Crippen molar-refractivity contribution in [2.75, 3.05) is 18.3 Å². The van der Waals surface area contributed by atoms with Gasteiger partial charge in [0.05, 0.1) is 12.8 Å². The number of aliphatic carboxylic acids is 1. The average molecular weight is 525 g/mol. The van der Waals surface area contributed by atoms with Gasteiger partial charge in [-0.2, -0.15) is 0 Å². The van der Waals surface area contributed by atoms with Crippen LogP contribution < -0.4 is 14.5 Å². The molecule has 192 valence electrons. The predicted octanol–water partition coefficient (Wildman–Crippen LogP) is 3.40. The van der Waals surface area contributed by atoms with Crippen LogP contribution in [0, 0.1) is 0 Å². The highest BCUT2D eigenvalue weighted by molar-refractivity contribution is 6.37. The van der Waals surface area contributed by atoms with E-state index in [1.54, 1.807) is 49.6 Å². The summed E-state index contributed by atoms with van der Waals surface area (Å²) < 4.78 is 16.9. The summed E-state index contributed by atoms with van der Waals surface area (Å²) in [6, 6.07) is 22.0. The zero-order valence-corrected chi connectivity index (χ0v) is 20.6. The minimum atomic E-state index is -1.35. The molecule has 1 fully saturated rings. The summed E-state index contributed by atoms with van der Waals surface area (Å²) in [5.41, 5.74) is 2.89. The third-order valence-corrected chi connectivity index (χ3v) is 6.24. The molecule has 0 spiro atoms. The van der Waals surface area contributed by atoms with Gasteiger partial charge >= 0.3 is 5.97 Å². The molecule has 9 nitrogen and oxygen atoms in total. The lowest BCUT2D eigenvalue weighted by atomic mass is 9.99. The minimum absolute atomic E-state index is 0.0190. The molecule has 0 radical (unpaired) electrons. The molecule has 3 atom stereocenters. The van der Waals surface area contributed by atoms with E-state index in [1.165, 1.54) is 0 Å².